The summed E-state index contributed by atoms with van der Waals surface area (Å²) in [7, 11) is 0. The molecule has 1 aliphatic rings. The summed E-state index contributed by atoms with van der Waals surface area (Å²) in [6.07, 6.45) is 2.97. The third-order valence-electron chi connectivity index (χ3n) is 6.67. The SMILES string of the molecule is Cc1cccc2c1C(C)C(C)C(C)C2CCCc1ccccc1C(=O)O. The molecule has 0 fully saturated rings. The van der Waals surface area contributed by atoms with Crippen LogP contribution in [0.4, 0.5) is 0 Å². The highest BCUT2D eigenvalue weighted by Crippen LogP contribution is 2.48. The zero-order valence-corrected chi connectivity index (χ0v) is 16.3. The van der Waals surface area contributed by atoms with E-state index in [0.717, 1.165) is 24.8 Å². The number of carboxylic acid groups (broad SMARTS) is 1. The molecule has 0 aromatic heterocycles. The van der Waals surface area contributed by atoms with E-state index >= 15 is 0 Å². The standard InChI is InChI=1S/C24H30O2/c1-15-9-7-14-22-20(17(3)16(2)18(4)23(15)22)13-8-11-19-10-5-6-12-21(19)24(25)26/h5-7,9-10,12,14,16-18,20H,8,11,13H2,1-4H3,(H,25,26). The van der Waals surface area contributed by atoms with E-state index in [0.29, 0.717) is 29.2 Å². The van der Waals surface area contributed by atoms with Crippen LogP contribution in [0.2, 0.25) is 0 Å². The maximum absolute atomic E-state index is 11.4. The van der Waals surface area contributed by atoms with E-state index in [1.165, 1.54) is 11.1 Å². The molecule has 2 aromatic carbocycles. The zero-order valence-electron chi connectivity index (χ0n) is 16.3. The number of carbonyl (C=O) groups is 1. The minimum absolute atomic E-state index is 0.447. The van der Waals surface area contributed by atoms with Crippen LogP contribution in [0.3, 0.4) is 0 Å². The highest BCUT2D eigenvalue weighted by molar-refractivity contribution is 5.89. The summed E-state index contributed by atoms with van der Waals surface area (Å²) in [4.78, 5) is 11.4. The molecular formula is C24H30O2. The van der Waals surface area contributed by atoms with Crippen LogP contribution in [-0.2, 0) is 6.42 Å². The van der Waals surface area contributed by atoms with Crippen LogP contribution in [0.5, 0.6) is 0 Å². The Bertz CT molecular complexity index is 793. The second kappa shape index (κ2) is 7.65. The molecule has 3 rings (SSSR count). The lowest BCUT2D eigenvalue weighted by Crippen LogP contribution is -2.29. The Morgan fingerprint density at radius 3 is 2.46 bits per heavy atom. The minimum atomic E-state index is -0.824. The Morgan fingerprint density at radius 2 is 1.73 bits per heavy atom. The first kappa shape index (κ1) is 18.7. The predicted molar refractivity (Wildman–Crippen MR) is 107 cm³/mol. The Morgan fingerprint density at radius 1 is 1.00 bits per heavy atom. The van der Waals surface area contributed by atoms with Gasteiger partial charge in [0.05, 0.1) is 5.56 Å². The molecule has 2 nitrogen and oxygen atoms in total. The predicted octanol–water partition coefficient (Wildman–Crippen LogP) is 6.19. The first-order valence-corrected chi connectivity index (χ1v) is 9.82. The molecule has 2 heteroatoms. The van der Waals surface area contributed by atoms with Crippen LogP contribution in [0.15, 0.2) is 42.5 Å². The molecule has 0 radical (unpaired) electrons. The highest BCUT2D eigenvalue weighted by atomic mass is 16.4. The first-order chi connectivity index (χ1) is 12.4. The van der Waals surface area contributed by atoms with Gasteiger partial charge in [-0.2, -0.15) is 0 Å². The van der Waals surface area contributed by atoms with E-state index < -0.39 is 5.97 Å². The van der Waals surface area contributed by atoms with Crippen molar-refractivity contribution in [3.8, 4) is 0 Å². The van der Waals surface area contributed by atoms with Gasteiger partial charge in [0.15, 0.2) is 0 Å². The summed E-state index contributed by atoms with van der Waals surface area (Å²) in [5.74, 6) is 1.65. The van der Waals surface area contributed by atoms with Crippen LogP contribution in [0.25, 0.3) is 0 Å². The average molecular weight is 351 g/mol. The van der Waals surface area contributed by atoms with Gasteiger partial charge in [0.25, 0.3) is 0 Å². The second-order valence-electron chi connectivity index (χ2n) is 8.05. The molecular weight excluding hydrogens is 320 g/mol. The van der Waals surface area contributed by atoms with Gasteiger partial charge in [0, 0.05) is 0 Å². The summed E-state index contributed by atoms with van der Waals surface area (Å²) in [6.45, 7) is 9.38. The number of aromatic carboxylic acids is 1. The summed E-state index contributed by atoms with van der Waals surface area (Å²) in [6, 6.07) is 14.1. The number of hydrogen-bond donors (Lipinski definition) is 1. The van der Waals surface area contributed by atoms with Crippen LogP contribution >= 0.6 is 0 Å². The smallest absolute Gasteiger partial charge is 0.335 e. The third kappa shape index (κ3) is 3.42. The number of benzene rings is 2. The van der Waals surface area contributed by atoms with Crippen molar-refractivity contribution in [1.29, 1.82) is 0 Å². The third-order valence-corrected chi connectivity index (χ3v) is 6.67. The molecule has 0 aliphatic heterocycles. The molecule has 0 bridgehead atoms. The van der Waals surface area contributed by atoms with Crippen molar-refractivity contribution in [3.05, 3.63) is 70.3 Å². The van der Waals surface area contributed by atoms with E-state index in [4.69, 9.17) is 0 Å². The lowest BCUT2D eigenvalue weighted by Gasteiger charge is -2.41. The van der Waals surface area contributed by atoms with Gasteiger partial charge < -0.3 is 5.11 Å². The van der Waals surface area contributed by atoms with Crippen LogP contribution in [0.1, 0.15) is 78.1 Å². The van der Waals surface area contributed by atoms with Crippen molar-refractivity contribution in [3.63, 3.8) is 0 Å². The summed E-state index contributed by atoms with van der Waals surface area (Å²) >= 11 is 0. The lowest BCUT2D eigenvalue weighted by atomic mass is 9.63. The molecule has 1 N–H and O–H groups in total. The largest absolute Gasteiger partial charge is 0.478 e. The van der Waals surface area contributed by atoms with E-state index in [1.54, 1.807) is 17.7 Å². The van der Waals surface area contributed by atoms with Gasteiger partial charge in [-0.1, -0.05) is 57.2 Å². The maximum Gasteiger partial charge on any atom is 0.335 e. The maximum atomic E-state index is 11.4. The number of rotatable bonds is 5. The van der Waals surface area contributed by atoms with Crippen LogP contribution in [-0.4, -0.2) is 11.1 Å². The van der Waals surface area contributed by atoms with E-state index in [9.17, 15) is 9.90 Å². The molecule has 26 heavy (non-hydrogen) atoms. The van der Waals surface area contributed by atoms with Gasteiger partial charge in [0.1, 0.15) is 0 Å². The molecule has 4 unspecified atom stereocenters. The average Bonchev–Trinajstić information content (AvgIpc) is 2.62. The van der Waals surface area contributed by atoms with Crippen molar-refractivity contribution in [2.45, 2.75) is 58.8 Å². The van der Waals surface area contributed by atoms with Crippen LogP contribution < -0.4 is 0 Å². The fourth-order valence-corrected chi connectivity index (χ4v) is 4.89. The topological polar surface area (TPSA) is 37.3 Å². The van der Waals surface area contributed by atoms with Gasteiger partial charge in [-0.25, -0.2) is 4.79 Å². The van der Waals surface area contributed by atoms with E-state index in [1.807, 2.05) is 12.1 Å². The quantitative estimate of drug-likeness (QED) is 0.698. The number of aryl methyl sites for hydroxylation is 2. The van der Waals surface area contributed by atoms with Crippen molar-refractivity contribution < 1.29 is 9.90 Å². The molecule has 0 saturated carbocycles. The normalized spacial score (nSPS) is 24.9. The monoisotopic (exact) mass is 350 g/mol. The Balaban J connectivity index is 1.79. The minimum Gasteiger partial charge on any atom is -0.478 e. The van der Waals surface area contributed by atoms with Gasteiger partial charge >= 0.3 is 5.97 Å². The molecule has 0 spiro atoms. The molecule has 1 aliphatic carbocycles. The fourth-order valence-electron chi connectivity index (χ4n) is 4.89. The Hall–Kier alpha value is -2.09. The molecule has 2 aromatic rings. The van der Waals surface area contributed by atoms with Gasteiger partial charge in [0.2, 0.25) is 0 Å². The summed E-state index contributed by atoms with van der Waals surface area (Å²) in [5, 5.41) is 9.38. The van der Waals surface area contributed by atoms with Gasteiger partial charge in [-0.15, -0.1) is 0 Å². The van der Waals surface area contributed by atoms with Crippen molar-refractivity contribution in [1.82, 2.24) is 0 Å². The zero-order chi connectivity index (χ0) is 18.8. The number of hydrogen-bond acceptors (Lipinski definition) is 1. The van der Waals surface area contributed by atoms with Gasteiger partial charge in [-0.05, 0) is 78.2 Å². The number of fused-ring (bicyclic) bond motifs is 1. The fraction of sp³-hybridized carbons (Fsp3) is 0.458. The highest BCUT2D eigenvalue weighted by Gasteiger charge is 2.36. The number of carboxylic acids is 1. The lowest BCUT2D eigenvalue weighted by molar-refractivity contribution is 0.0695. The second-order valence-corrected chi connectivity index (χ2v) is 8.05. The van der Waals surface area contributed by atoms with Crippen molar-refractivity contribution >= 4 is 5.97 Å². The Kier molecular flexibility index (Phi) is 5.50. The van der Waals surface area contributed by atoms with Gasteiger partial charge in [-0.3, -0.25) is 0 Å². The van der Waals surface area contributed by atoms with Crippen molar-refractivity contribution in [2.75, 3.05) is 0 Å². The molecule has 4 atom stereocenters. The van der Waals surface area contributed by atoms with Crippen LogP contribution in [0, 0.1) is 18.8 Å². The molecule has 138 valence electrons. The van der Waals surface area contributed by atoms with E-state index in [2.05, 4.69) is 45.9 Å². The van der Waals surface area contributed by atoms with E-state index in [-0.39, 0.29) is 0 Å². The summed E-state index contributed by atoms with van der Waals surface area (Å²) in [5.41, 5.74) is 5.88. The Labute approximate surface area is 157 Å². The molecule has 0 heterocycles. The summed E-state index contributed by atoms with van der Waals surface area (Å²) < 4.78 is 0. The van der Waals surface area contributed by atoms with Crippen molar-refractivity contribution in [2.24, 2.45) is 11.8 Å². The molecule has 0 saturated heterocycles. The first-order valence-electron chi connectivity index (χ1n) is 9.82. The molecule has 0 amide bonds.